The first kappa shape index (κ1) is 14.0. The third-order valence-electron chi connectivity index (χ3n) is 2.96. The van der Waals surface area contributed by atoms with Crippen molar-refractivity contribution in [1.29, 1.82) is 0 Å². The summed E-state index contributed by atoms with van der Waals surface area (Å²) >= 11 is 0. The first-order valence-electron chi connectivity index (χ1n) is 6.33. The number of hydrogen-bond acceptors (Lipinski definition) is 4. The van der Waals surface area contributed by atoms with E-state index in [2.05, 4.69) is 10.3 Å². The number of nitrogens with zero attached hydrogens (tertiary/aromatic N) is 4. The van der Waals surface area contributed by atoms with Gasteiger partial charge in [0.2, 0.25) is 0 Å². The molecule has 2 aromatic rings. The first-order valence-corrected chi connectivity index (χ1v) is 6.33. The zero-order chi connectivity index (χ0) is 14.7. The van der Waals surface area contributed by atoms with E-state index in [9.17, 15) is 9.59 Å². The van der Waals surface area contributed by atoms with Crippen molar-refractivity contribution in [3.8, 4) is 0 Å². The highest BCUT2D eigenvalue weighted by molar-refractivity contribution is 5.98. The van der Waals surface area contributed by atoms with Crippen LogP contribution >= 0.6 is 0 Å². The Morgan fingerprint density at radius 3 is 2.80 bits per heavy atom. The number of carbonyl (C=O) groups is 2. The third-order valence-corrected chi connectivity index (χ3v) is 2.96. The normalized spacial score (nSPS) is 10.7. The second kappa shape index (κ2) is 5.68. The van der Waals surface area contributed by atoms with E-state index in [1.807, 2.05) is 6.92 Å². The lowest BCUT2D eigenvalue weighted by atomic mass is 10.1. The molecule has 1 aromatic carbocycles. The van der Waals surface area contributed by atoms with Gasteiger partial charge in [-0.2, -0.15) is 0 Å². The number of benzene rings is 1. The van der Waals surface area contributed by atoms with Crippen molar-refractivity contribution in [2.75, 3.05) is 13.1 Å². The average Bonchev–Trinajstić information content (AvgIpc) is 2.78. The van der Waals surface area contributed by atoms with Gasteiger partial charge in [-0.1, -0.05) is 12.1 Å². The molecule has 20 heavy (non-hydrogen) atoms. The fourth-order valence-corrected chi connectivity index (χ4v) is 2.03. The number of aryl methyl sites for hydroxylation is 1. The molecule has 7 heteroatoms. The quantitative estimate of drug-likeness (QED) is 0.876. The molecule has 0 aliphatic rings. The van der Waals surface area contributed by atoms with Crippen molar-refractivity contribution in [3.63, 3.8) is 0 Å². The minimum Gasteiger partial charge on any atom is -0.480 e. The molecule has 0 bridgehead atoms. The molecule has 0 atom stereocenters. The number of amides is 1. The Hall–Kier alpha value is -2.44. The Kier molecular flexibility index (Phi) is 3.97. The molecule has 2 rings (SSSR count). The SMILES string of the molecule is CCCN(CC(=O)O)C(=O)c1ccc2nnn(C)c2c1. The molecule has 1 N–H and O–H groups in total. The Labute approximate surface area is 115 Å². The minimum atomic E-state index is -1.02. The fraction of sp³-hybridized carbons (Fsp3) is 0.385. The van der Waals surface area contributed by atoms with Crippen LogP contribution in [0.1, 0.15) is 23.7 Å². The molecule has 0 radical (unpaired) electrons. The molecule has 0 unspecified atom stereocenters. The van der Waals surface area contributed by atoms with Crippen molar-refractivity contribution >= 4 is 22.9 Å². The molecule has 106 valence electrons. The topological polar surface area (TPSA) is 88.3 Å². The van der Waals surface area contributed by atoms with Crippen LogP contribution in [0.25, 0.3) is 11.0 Å². The maximum Gasteiger partial charge on any atom is 0.323 e. The van der Waals surface area contributed by atoms with Gasteiger partial charge in [0.15, 0.2) is 0 Å². The van der Waals surface area contributed by atoms with E-state index in [4.69, 9.17) is 5.11 Å². The minimum absolute atomic E-state index is 0.294. The van der Waals surface area contributed by atoms with E-state index in [1.54, 1.807) is 29.9 Å². The van der Waals surface area contributed by atoms with Gasteiger partial charge in [0, 0.05) is 19.2 Å². The highest BCUT2D eigenvalue weighted by Gasteiger charge is 2.18. The van der Waals surface area contributed by atoms with E-state index in [1.165, 1.54) is 4.90 Å². The largest absolute Gasteiger partial charge is 0.480 e. The number of aromatic nitrogens is 3. The van der Waals surface area contributed by atoms with Gasteiger partial charge in [-0.05, 0) is 24.6 Å². The molecule has 0 aliphatic heterocycles. The van der Waals surface area contributed by atoms with Crippen molar-refractivity contribution < 1.29 is 14.7 Å². The van der Waals surface area contributed by atoms with Gasteiger partial charge in [0.25, 0.3) is 5.91 Å². The van der Waals surface area contributed by atoms with E-state index < -0.39 is 5.97 Å². The number of fused-ring (bicyclic) bond motifs is 1. The Morgan fingerprint density at radius 2 is 2.15 bits per heavy atom. The predicted molar refractivity (Wildman–Crippen MR) is 72.3 cm³/mol. The molecular formula is C13H16N4O3. The van der Waals surface area contributed by atoms with Crippen LogP contribution in [0.15, 0.2) is 18.2 Å². The Morgan fingerprint density at radius 1 is 1.40 bits per heavy atom. The van der Waals surface area contributed by atoms with Crippen LogP contribution in [-0.4, -0.2) is 50.0 Å². The fourth-order valence-electron chi connectivity index (χ4n) is 2.03. The van der Waals surface area contributed by atoms with Crippen molar-refractivity contribution in [2.24, 2.45) is 7.05 Å². The Balaban J connectivity index is 2.32. The number of rotatable bonds is 5. The Bertz CT molecular complexity index is 650. The van der Waals surface area contributed by atoms with E-state index in [0.29, 0.717) is 24.0 Å². The number of aliphatic carboxylic acids is 1. The summed E-state index contributed by atoms with van der Waals surface area (Å²) in [5, 5.41) is 16.7. The van der Waals surface area contributed by atoms with Crippen LogP contribution in [0.3, 0.4) is 0 Å². The molecule has 0 aliphatic carbocycles. The van der Waals surface area contributed by atoms with E-state index >= 15 is 0 Å². The summed E-state index contributed by atoms with van der Waals surface area (Å²) in [7, 11) is 1.74. The van der Waals surface area contributed by atoms with Crippen LogP contribution in [-0.2, 0) is 11.8 Å². The van der Waals surface area contributed by atoms with Crippen molar-refractivity contribution in [1.82, 2.24) is 19.9 Å². The van der Waals surface area contributed by atoms with E-state index in [0.717, 1.165) is 5.52 Å². The summed E-state index contributed by atoms with van der Waals surface area (Å²) in [6.07, 6.45) is 0.703. The smallest absolute Gasteiger partial charge is 0.323 e. The van der Waals surface area contributed by atoms with Crippen LogP contribution in [0.2, 0.25) is 0 Å². The highest BCUT2D eigenvalue weighted by Crippen LogP contribution is 2.14. The lowest BCUT2D eigenvalue weighted by Crippen LogP contribution is -2.36. The molecule has 0 spiro atoms. The van der Waals surface area contributed by atoms with Crippen molar-refractivity contribution in [3.05, 3.63) is 23.8 Å². The summed E-state index contributed by atoms with van der Waals surface area (Å²) in [5.74, 6) is -1.31. The molecule has 0 saturated carbocycles. The van der Waals surface area contributed by atoms with Gasteiger partial charge >= 0.3 is 5.97 Å². The number of carboxylic acid groups (broad SMARTS) is 1. The lowest BCUT2D eigenvalue weighted by molar-refractivity contribution is -0.137. The molecule has 1 heterocycles. The molecule has 0 fully saturated rings. The zero-order valence-corrected chi connectivity index (χ0v) is 11.4. The van der Waals surface area contributed by atoms with Gasteiger partial charge in [-0.3, -0.25) is 9.59 Å². The van der Waals surface area contributed by atoms with Gasteiger partial charge in [0.1, 0.15) is 12.1 Å². The molecule has 1 aromatic heterocycles. The second-order valence-corrected chi connectivity index (χ2v) is 4.54. The highest BCUT2D eigenvalue weighted by atomic mass is 16.4. The van der Waals surface area contributed by atoms with Gasteiger partial charge in [0.05, 0.1) is 5.52 Å². The van der Waals surface area contributed by atoms with Crippen LogP contribution < -0.4 is 0 Å². The average molecular weight is 276 g/mol. The maximum absolute atomic E-state index is 12.4. The zero-order valence-electron chi connectivity index (χ0n) is 11.4. The number of hydrogen-bond donors (Lipinski definition) is 1. The predicted octanol–water partition coefficient (Wildman–Crippen LogP) is 0.905. The van der Waals surface area contributed by atoms with Gasteiger partial charge < -0.3 is 10.0 Å². The second-order valence-electron chi connectivity index (χ2n) is 4.54. The molecule has 1 amide bonds. The molecule has 0 saturated heterocycles. The summed E-state index contributed by atoms with van der Waals surface area (Å²) in [5.41, 5.74) is 1.88. The summed E-state index contributed by atoms with van der Waals surface area (Å²) in [6.45, 7) is 2.01. The molecule has 7 nitrogen and oxygen atoms in total. The standard InChI is InChI=1S/C13H16N4O3/c1-3-6-17(8-12(18)19)13(20)9-4-5-10-11(7-9)16(2)15-14-10/h4-5,7H,3,6,8H2,1-2H3,(H,18,19). The van der Waals surface area contributed by atoms with Crippen molar-refractivity contribution in [2.45, 2.75) is 13.3 Å². The maximum atomic E-state index is 12.4. The molecular weight excluding hydrogens is 260 g/mol. The van der Waals surface area contributed by atoms with Gasteiger partial charge in [-0.15, -0.1) is 5.10 Å². The van der Waals surface area contributed by atoms with Crippen LogP contribution in [0.5, 0.6) is 0 Å². The van der Waals surface area contributed by atoms with Crippen LogP contribution in [0, 0.1) is 0 Å². The summed E-state index contributed by atoms with van der Waals surface area (Å²) in [6, 6.07) is 5.03. The van der Waals surface area contributed by atoms with Crippen LogP contribution in [0.4, 0.5) is 0 Å². The summed E-state index contributed by atoms with van der Waals surface area (Å²) < 4.78 is 1.58. The summed E-state index contributed by atoms with van der Waals surface area (Å²) in [4.78, 5) is 24.5. The lowest BCUT2D eigenvalue weighted by Gasteiger charge is -2.19. The van der Waals surface area contributed by atoms with Gasteiger partial charge in [-0.25, -0.2) is 4.68 Å². The number of carboxylic acids is 1. The number of carbonyl (C=O) groups excluding carboxylic acids is 1. The van der Waals surface area contributed by atoms with E-state index in [-0.39, 0.29) is 12.5 Å². The first-order chi connectivity index (χ1) is 9.52. The third kappa shape index (κ3) is 2.76. The monoisotopic (exact) mass is 276 g/mol.